The van der Waals surface area contributed by atoms with E-state index in [1.807, 2.05) is 31.2 Å². The molecule has 0 aromatic heterocycles. The third kappa shape index (κ3) is 4.97. The zero-order chi connectivity index (χ0) is 17.5. The first-order chi connectivity index (χ1) is 12.2. The Bertz CT molecular complexity index is 699. The van der Waals surface area contributed by atoms with Crippen molar-refractivity contribution in [1.29, 1.82) is 0 Å². The van der Waals surface area contributed by atoms with Crippen LogP contribution in [0.4, 0.5) is 0 Å². The molecular weight excluding hydrogens is 318 g/mol. The lowest BCUT2D eigenvalue weighted by atomic mass is 9.99. The molecule has 0 spiro atoms. The molecule has 2 aromatic rings. The van der Waals surface area contributed by atoms with E-state index in [-0.39, 0.29) is 18.6 Å². The Morgan fingerprint density at radius 1 is 1.08 bits per heavy atom. The van der Waals surface area contributed by atoms with E-state index in [9.17, 15) is 4.79 Å². The first-order valence-electron chi connectivity index (χ1n) is 8.55. The SMILES string of the molecule is CCOc1ccc(OCC(=O)NCC2Cc3ccccc3CO2)cc1. The molecule has 5 heteroatoms. The Morgan fingerprint density at radius 2 is 1.76 bits per heavy atom. The van der Waals surface area contributed by atoms with Gasteiger partial charge in [0, 0.05) is 13.0 Å². The molecule has 5 nitrogen and oxygen atoms in total. The van der Waals surface area contributed by atoms with E-state index in [2.05, 4.69) is 17.4 Å². The summed E-state index contributed by atoms with van der Waals surface area (Å²) in [5.74, 6) is 1.27. The number of benzene rings is 2. The van der Waals surface area contributed by atoms with Crippen molar-refractivity contribution in [3.05, 3.63) is 59.7 Å². The van der Waals surface area contributed by atoms with Gasteiger partial charge in [0.1, 0.15) is 11.5 Å². The summed E-state index contributed by atoms with van der Waals surface area (Å²) >= 11 is 0. The highest BCUT2D eigenvalue weighted by molar-refractivity contribution is 5.77. The first kappa shape index (κ1) is 17.3. The van der Waals surface area contributed by atoms with Crippen LogP contribution in [-0.4, -0.2) is 31.8 Å². The molecule has 25 heavy (non-hydrogen) atoms. The molecule has 0 bridgehead atoms. The highest BCUT2D eigenvalue weighted by Crippen LogP contribution is 2.20. The van der Waals surface area contributed by atoms with E-state index in [0.29, 0.717) is 25.5 Å². The fourth-order valence-electron chi connectivity index (χ4n) is 2.77. The lowest BCUT2D eigenvalue weighted by Crippen LogP contribution is -2.38. The summed E-state index contributed by atoms with van der Waals surface area (Å²) < 4.78 is 16.6. The van der Waals surface area contributed by atoms with Gasteiger partial charge in [0.25, 0.3) is 5.91 Å². The summed E-state index contributed by atoms with van der Waals surface area (Å²) in [6.45, 7) is 3.62. The van der Waals surface area contributed by atoms with Crippen LogP contribution in [0.25, 0.3) is 0 Å². The van der Waals surface area contributed by atoms with Gasteiger partial charge in [-0.2, -0.15) is 0 Å². The third-order valence-electron chi connectivity index (χ3n) is 4.07. The summed E-state index contributed by atoms with van der Waals surface area (Å²) in [5, 5.41) is 2.87. The summed E-state index contributed by atoms with van der Waals surface area (Å²) in [6.07, 6.45) is 0.820. The van der Waals surface area contributed by atoms with Gasteiger partial charge in [-0.1, -0.05) is 24.3 Å². The van der Waals surface area contributed by atoms with Crippen LogP contribution in [0.15, 0.2) is 48.5 Å². The second kappa shape index (κ2) is 8.53. The second-order valence-electron chi connectivity index (χ2n) is 5.90. The van der Waals surface area contributed by atoms with Crippen molar-refractivity contribution in [3.8, 4) is 11.5 Å². The standard InChI is InChI=1S/C20H23NO4/c1-2-23-17-7-9-18(10-8-17)25-14-20(22)21-12-19-11-15-5-3-4-6-16(15)13-24-19/h3-10,19H,2,11-14H2,1H3,(H,21,22). The van der Waals surface area contributed by atoms with Gasteiger partial charge in [0.15, 0.2) is 6.61 Å². The number of rotatable bonds is 7. The molecule has 0 radical (unpaired) electrons. The Kier molecular flexibility index (Phi) is 5.90. The third-order valence-corrected chi connectivity index (χ3v) is 4.07. The Labute approximate surface area is 147 Å². The lowest BCUT2D eigenvalue weighted by molar-refractivity contribution is -0.123. The van der Waals surface area contributed by atoms with Crippen LogP contribution >= 0.6 is 0 Å². The largest absolute Gasteiger partial charge is 0.494 e. The first-order valence-corrected chi connectivity index (χ1v) is 8.55. The van der Waals surface area contributed by atoms with Gasteiger partial charge >= 0.3 is 0 Å². The predicted octanol–water partition coefficient (Wildman–Crippen LogP) is 2.72. The molecule has 0 fully saturated rings. The monoisotopic (exact) mass is 341 g/mol. The van der Waals surface area contributed by atoms with Gasteiger partial charge in [0.05, 0.1) is 19.3 Å². The van der Waals surface area contributed by atoms with E-state index in [1.165, 1.54) is 11.1 Å². The van der Waals surface area contributed by atoms with Gasteiger partial charge in [-0.25, -0.2) is 0 Å². The highest BCUT2D eigenvalue weighted by Gasteiger charge is 2.19. The summed E-state index contributed by atoms with van der Waals surface area (Å²) in [6, 6.07) is 15.5. The van der Waals surface area contributed by atoms with E-state index in [4.69, 9.17) is 14.2 Å². The van der Waals surface area contributed by atoms with Crippen LogP contribution < -0.4 is 14.8 Å². The number of carbonyl (C=O) groups is 1. The van der Waals surface area contributed by atoms with Gasteiger partial charge in [-0.3, -0.25) is 4.79 Å². The molecule has 1 unspecified atom stereocenters. The molecule has 0 aliphatic carbocycles. The van der Waals surface area contributed by atoms with Gasteiger partial charge in [0.2, 0.25) is 0 Å². The molecule has 1 aliphatic heterocycles. The van der Waals surface area contributed by atoms with Crippen molar-refractivity contribution in [3.63, 3.8) is 0 Å². The van der Waals surface area contributed by atoms with E-state index in [1.54, 1.807) is 12.1 Å². The fraction of sp³-hybridized carbons (Fsp3) is 0.350. The average Bonchev–Trinajstić information content (AvgIpc) is 2.66. The van der Waals surface area contributed by atoms with Gasteiger partial charge < -0.3 is 19.5 Å². The average molecular weight is 341 g/mol. The van der Waals surface area contributed by atoms with Crippen molar-refractivity contribution in [1.82, 2.24) is 5.32 Å². The molecule has 0 saturated carbocycles. The molecule has 3 rings (SSSR count). The lowest BCUT2D eigenvalue weighted by Gasteiger charge is -2.25. The number of amides is 1. The van der Waals surface area contributed by atoms with Crippen LogP contribution in [0.2, 0.25) is 0 Å². The van der Waals surface area contributed by atoms with Crippen LogP contribution in [0.5, 0.6) is 11.5 Å². The maximum atomic E-state index is 12.0. The second-order valence-corrected chi connectivity index (χ2v) is 5.90. The van der Waals surface area contributed by atoms with Crippen molar-refractivity contribution in [2.75, 3.05) is 19.8 Å². The van der Waals surface area contributed by atoms with Crippen LogP contribution in [0, 0.1) is 0 Å². The maximum Gasteiger partial charge on any atom is 0.258 e. The quantitative estimate of drug-likeness (QED) is 0.841. The minimum Gasteiger partial charge on any atom is -0.494 e. The normalized spacial score (nSPS) is 16.0. The van der Waals surface area contributed by atoms with Gasteiger partial charge in [-0.05, 0) is 42.3 Å². The Morgan fingerprint density at radius 3 is 2.48 bits per heavy atom. The highest BCUT2D eigenvalue weighted by atomic mass is 16.5. The number of fused-ring (bicyclic) bond motifs is 1. The Balaban J connectivity index is 1.40. The summed E-state index contributed by atoms with van der Waals surface area (Å²) in [5.41, 5.74) is 2.52. The number of ether oxygens (including phenoxy) is 3. The van der Waals surface area contributed by atoms with E-state index >= 15 is 0 Å². The molecule has 1 aliphatic rings. The van der Waals surface area contributed by atoms with Crippen LogP contribution in [0.3, 0.4) is 0 Å². The van der Waals surface area contributed by atoms with Crippen molar-refractivity contribution in [2.24, 2.45) is 0 Å². The number of carbonyl (C=O) groups excluding carboxylic acids is 1. The smallest absolute Gasteiger partial charge is 0.258 e. The van der Waals surface area contributed by atoms with Crippen molar-refractivity contribution >= 4 is 5.91 Å². The molecule has 132 valence electrons. The predicted molar refractivity (Wildman–Crippen MR) is 94.8 cm³/mol. The molecular formula is C20H23NO4. The summed E-state index contributed by atoms with van der Waals surface area (Å²) in [7, 11) is 0. The topological polar surface area (TPSA) is 56.8 Å². The van der Waals surface area contributed by atoms with E-state index < -0.39 is 0 Å². The minimum atomic E-state index is -0.156. The molecule has 1 atom stereocenters. The minimum absolute atomic E-state index is 0.00401. The molecule has 0 saturated heterocycles. The van der Waals surface area contributed by atoms with Gasteiger partial charge in [-0.15, -0.1) is 0 Å². The maximum absolute atomic E-state index is 12.0. The molecule has 2 aromatic carbocycles. The number of hydrogen-bond donors (Lipinski definition) is 1. The zero-order valence-electron chi connectivity index (χ0n) is 14.4. The van der Waals surface area contributed by atoms with Crippen molar-refractivity contribution in [2.45, 2.75) is 26.1 Å². The van der Waals surface area contributed by atoms with E-state index in [0.717, 1.165) is 12.2 Å². The van der Waals surface area contributed by atoms with Crippen LogP contribution in [0.1, 0.15) is 18.1 Å². The Hall–Kier alpha value is -2.53. The van der Waals surface area contributed by atoms with Crippen molar-refractivity contribution < 1.29 is 19.0 Å². The van der Waals surface area contributed by atoms with Crippen LogP contribution in [-0.2, 0) is 22.6 Å². The zero-order valence-corrected chi connectivity index (χ0v) is 14.4. The molecule has 1 N–H and O–H groups in total. The number of nitrogens with one attached hydrogen (secondary N) is 1. The molecule has 1 heterocycles. The summed E-state index contributed by atoms with van der Waals surface area (Å²) in [4.78, 5) is 12.0. The molecule has 1 amide bonds. The fourth-order valence-corrected chi connectivity index (χ4v) is 2.77. The number of hydrogen-bond acceptors (Lipinski definition) is 4.